The molecule has 0 aromatic rings. The zero-order valence-corrected chi connectivity index (χ0v) is 12.1. The van der Waals surface area contributed by atoms with Gasteiger partial charge >= 0.3 is 0 Å². The van der Waals surface area contributed by atoms with Gasteiger partial charge in [-0.05, 0) is 36.0 Å². The van der Waals surface area contributed by atoms with Crippen LogP contribution in [-0.2, 0) is 0 Å². The van der Waals surface area contributed by atoms with Crippen LogP contribution < -0.4 is 0 Å². The summed E-state index contributed by atoms with van der Waals surface area (Å²) in [5.41, 5.74) is 0.527. The first-order valence-corrected chi connectivity index (χ1v) is 6.75. The van der Waals surface area contributed by atoms with Gasteiger partial charge in [0.25, 0.3) is 0 Å². The molecule has 0 saturated carbocycles. The van der Waals surface area contributed by atoms with E-state index in [0.717, 1.165) is 17.8 Å². The van der Waals surface area contributed by atoms with E-state index < -0.39 is 0 Å². The zero-order valence-electron chi connectivity index (χ0n) is 12.1. The summed E-state index contributed by atoms with van der Waals surface area (Å²) in [4.78, 5) is 0. The van der Waals surface area contributed by atoms with Crippen molar-refractivity contribution in [3.8, 4) is 0 Å². The monoisotopic (exact) mass is 212 g/mol. The van der Waals surface area contributed by atoms with Crippen LogP contribution in [0.4, 0.5) is 0 Å². The van der Waals surface area contributed by atoms with Gasteiger partial charge in [0.1, 0.15) is 0 Å². The highest BCUT2D eigenvalue weighted by Gasteiger charge is 2.25. The Kier molecular flexibility index (Phi) is 6.55. The topological polar surface area (TPSA) is 0 Å². The third-order valence-corrected chi connectivity index (χ3v) is 3.88. The van der Waals surface area contributed by atoms with Crippen LogP contribution in [0.1, 0.15) is 74.1 Å². The summed E-state index contributed by atoms with van der Waals surface area (Å²) in [5.74, 6) is 2.56. The van der Waals surface area contributed by atoms with Crippen molar-refractivity contribution in [2.24, 2.45) is 23.2 Å². The van der Waals surface area contributed by atoms with Crippen molar-refractivity contribution in [2.75, 3.05) is 0 Å². The molecule has 15 heavy (non-hydrogen) atoms. The molecule has 0 radical (unpaired) electrons. The lowest BCUT2D eigenvalue weighted by Crippen LogP contribution is -2.22. The fourth-order valence-electron chi connectivity index (χ4n) is 1.88. The Bertz CT molecular complexity index is 153. The second kappa shape index (κ2) is 6.55. The van der Waals surface area contributed by atoms with E-state index in [2.05, 4.69) is 48.5 Å². The lowest BCUT2D eigenvalue weighted by Gasteiger charge is -2.33. The molecule has 0 heteroatoms. The third kappa shape index (κ3) is 6.98. The maximum absolute atomic E-state index is 2.44. The highest BCUT2D eigenvalue weighted by molar-refractivity contribution is 4.76. The molecule has 0 aliphatic rings. The Morgan fingerprint density at radius 1 is 0.733 bits per heavy atom. The van der Waals surface area contributed by atoms with Crippen LogP contribution in [0.2, 0.25) is 0 Å². The lowest BCUT2D eigenvalue weighted by molar-refractivity contribution is 0.179. The molecule has 0 aromatic heterocycles. The summed E-state index contributed by atoms with van der Waals surface area (Å²) >= 11 is 0. The lowest BCUT2D eigenvalue weighted by atomic mass is 9.73. The van der Waals surface area contributed by atoms with E-state index in [-0.39, 0.29) is 0 Å². The van der Waals surface area contributed by atoms with Gasteiger partial charge < -0.3 is 0 Å². The van der Waals surface area contributed by atoms with Gasteiger partial charge in [-0.3, -0.25) is 0 Å². The molecule has 0 spiro atoms. The van der Waals surface area contributed by atoms with Crippen LogP contribution in [0.15, 0.2) is 0 Å². The molecule has 0 aliphatic carbocycles. The number of rotatable bonds is 7. The normalized spacial score (nSPS) is 15.0. The molecule has 0 N–H and O–H groups in total. The van der Waals surface area contributed by atoms with Gasteiger partial charge in [0.2, 0.25) is 0 Å². The van der Waals surface area contributed by atoms with Gasteiger partial charge in [-0.25, -0.2) is 0 Å². The Labute approximate surface area is 97.8 Å². The summed E-state index contributed by atoms with van der Waals surface area (Å²) in [5, 5.41) is 0. The first-order valence-electron chi connectivity index (χ1n) is 6.75. The maximum atomic E-state index is 2.44. The molecule has 0 fully saturated rings. The Morgan fingerprint density at radius 2 is 1.20 bits per heavy atom. The molecule has 1 unspecified atom stereocenters. The molecule has 0 saturated heterocycles. The molecule has 0 amide bonds. The van der Waals surface area contributed by atoms with Crippen molar-refractivity contribution in [3.63, 3.8) is 0 Å². The SMILES string of the molecule is CC(C)CCC(C)C(C)(C)CCC(C)C. The number of hydrogen-bond acceptors (Lipinski definition) is 0. The summed E-state index contributed by atoms with van der Waals surface area (Å²) in [7, 11) is 0. The van der Waals surface area contributed by atoms with Crippen LogP contribution in [-0.4, -0.2) is 0 Å². The fraction of sp³-hybridized carbons (Fsp3) is 1.00. The second-order valence-corrected chi connectivity index (χ2v) is 6.79. The Hall–Kier alpha value is 0. The summed E-state index contributed by atoms with van der Waals surface area (Å²) < 4.78 is 0. The highest BCUT2D eigenvalue weighted by Crippen LogP contribution is 2.36. The molecule has 0 heterocycles. The summed E-state index contributed by atoms with van der Waals surface area (Å²) in [6.07, 6.45) is 5.53. The zero-order chi connectivity index (χ0) is 12.1. The van der Waals surface area contributed by atoms with Crippen molar-refractivity contribution < 1.29 is 0 Å². The molecule has 0 nitrogen and oxygen atoms in total. The highest BCUT2D eigenvalue weighted by atomic mass is 14.3. The van der Waals surface area contributed by atoms with Crippen molar-refractivity contribution in [3.05, 3.63) is 0 Å². The van der Waals surface area contributed by atoms with E-state index >= 15 is 0 Å². The van der Waals surface area contributed by atoms with Gasteiger partial charge in [0.05, 0.1) is 0 Å². The third-order valence-electron chi connectivity index (χ3n) is 3.88. The maximum Gasteiger partial charge on any atom is -0.0328 e. The summed E-state index contributed by atoms with van der Waals surface area (Å²) in [6.45, 7) is 16.6. The molecule has 0 rings (SSSR count). The van der Waals surface area contributed by atoms with E-state index in [9.17, 15) is 0 Å². The van der Waals surface area contributed by atoms with Gasteiger partial charge in [-0.15, -0.1) is 0 Å². The van der Waals surface area contributed by atoms with Gasteiger partial charge in [0, 0.05) is 0 Å². The van der Waals surface area contributed by atoms with Crippen LogP contribution in [0.3, 0.4) is 0 Å². The van der Waals surface area contributed by atoms with Gasteiger partial charge in [-0.2, -0.15) is 0 Å². The fourth-order valence-corrected chi connectivity index (χ4v) is 1.88. The molecule has 0 aromatic carbocycles. The van der Waals surface area contributed by atoms with E-state index in [4.69, 9.17) is 0 Å². The molecular weight excluding hydrogens is 180 g/mol. The van der Waals surface area contributed by atoms with Crippen molar-refractivity contribution >= 4 is 0 Å². The average molecular weight is 212 g/mol. The van der Waals surface area contributed by atoms with E-state index in [1.807, 2.05) is 0 Å². The Balaban J connectivity index is 3.96. The minimum atomic E-state index is 0.527. The Morgan fingerprint density at radius 3 is 1.60 bits per heavy atom. The summed E-state index contributed by atoms with van der Waals surface area (Å²) in [6, 6.07) is 0. The quantitative estimate of drug-likeness (QED) is 0.521. The average Bonchev–Trinajstić information content (AvgIpc) is 2.11. The van der Waals surface area contributed by atoms with Gasteiger partial charge in [0.15, 0.2) is 0 Å². The minimum Gasteiger partial charge on any atom is -0.0628 e. The van der Waals surface area contributed by atoms with E-state index in [0.29, 0.717) is 5.41 Å². The first kappa shape index (κ1) is 15.0. The predicted molar refractivity (Wildman–Crippen MR) is 71.1 cm³/mol. The van der Waals surface area contributed by atoms with Crippen LogP contribution >= 0.6 is 0 Å². The van der Waals surface area contributed by atoms with Crippen LogP contribution in [0.25, 0.3) is 0 Å². The predicted octanol–water partition coefficient (Wildman–Crippen LogP) is 5.52. The molecule has 0 aliphatic heterocycles. The van der Waals surface area contributed by atoms with E-state index in [1.54, 1.807) is 0 Å². The molecule has 0 bridgehead atoms. The number of hydrogen-bond donors (Lipinski definition) is 0. The van der Waals surface area contributed by atoms with Crippen LogP contribution in [0, 0.1) is 23.2 Å². The first-order chi connectivity index (χ1) is 6.75. The standard InChI is InChI=1S/C15H32/c1-12(2)8-9-14(5)15(6,7)11-10-13(3)4/h12-14H,8-11H2,1-7H3. The largest absolute Gasteiger partial charge is 0.0628 e. The second-order valence-electron chi connectivity index (χ2n) is 6.79. The van der Waals surface area contributed by atoms with Crippen LogP contribution in [0.5, 0.6) is 0 Å². The molecule has 92 valence electrons. The van der Waals surface area contributed by atoms with Crippen molar-refractivity contribution in [1.82, 2.24) is 0 Å². The van der Waals surface area contributed by atoms with Crippen molar-refractivity contribution in [2.45, 2.75) is 74.1 Å². The van der Waals surface area contributed by atoms with Crippen molar-refractivity contribution in [1.29, 1.82) is 0 Å². The van der Waals surface area contributed by atoms with Gasteiger partial charge in [-0.1, -0.05) is 61.3 Å². The minimum absolute atomic E-state index is 0.527. The molecule has 1 atom stereocenters. The van der Waals surface area contributed by atoms with E-state index in [1.165, 1.54) is 25.7 Å². The molecular formula is C15H32. The smallest absolute Gasteiger partial charge is 0.0328 e.